The highest BCUT2D eigenvalue weighted by molar-refractivity contribution is 5.77. The summed E-state index contributed by atoms with van der Waals surface area (Å²) in [4.78, 5) is 17.1. The van der Waals surface area contributed by atoms with Crippen molar-refractivity contribution < 1.29 is 4.79 Å². The van der Waals surface area contributed by atoms with Gasteiger partial charge in [-0.05, 0) is 44.7 Å². The maximum atomic E-state index is 12.4. The van der Waals surface area contributed by atoms with E-state index in [1.807, 2.05) is 6.07 Å². The SMILES string of the molecule is CC=CCN1CCCC2(CCC(=O)N(CCc3ccccc3)C2)C1. The fourth-order valence-corrected chi connectivity index (χ4v) is 4.27. The normalized spacial score (nSPS) is 25.7. The van der Waals surface area contributed by atoms with E-state index in [0.29, 0.717) is 11.3 Å². The van der Waals surface area contributed by atoms with Crippen LogP contribution >= 0.6 is 0 Å². The van der Waals surface area contributed by atoms with Crippen molar-refractivity contribution in [2.75, 3.05) is 32.7 Å². The molecule has 2 saturated heterocycles. The van der Waals surface area contributed by atoms with Crippen LogP contribution < -0.4 is 0 Å². The van der Waals surface area contributed by atoms with Crippen molar-refractivity contribution >= 4 is 5.91 Å². The summed E-state index contributed by atoms with van der Waals surface area (Å²) in [7, 11) is 0. The molecule has 2 aliphatic rings. The Kier molecular flexibility index (Phi) is 5.72. The minimum Gasteiger partial charge on any atom is -0.342 e. The van der Waals surface area contributed by atoms with E-state index in [4.69, 9.17) is 0 Å². The molecule has 3 nitrogen and oxygen atoms in total. The van der Waals surface area contributed by atoms with Crippen LogP contribution in [0.15, 0.2) is 42.5 Å². The number of allylic oxidation sites excluding steroid dienone is 1. The summed E-state index contributed by atoms with van der Waals surface area (Å²) in [6.07, 6.45) is 9.68. The van der Waals surface area contributed by atoms with Crippen LogP contribution in [-0.2, 0) is 11.2 Å². The highest BCUT2D eigenvalue weighted by Gasteiger charge is 2.41. The van der Waals surface area contributed by atoms with Gasteiger partial charge >= 0.3 is 0 Å². The highest BCUT2D eigenvalue weighted by Crippen LogP contribution is 2.38. The summed E-state index contributed by atoms with van der Waals surface area (Å²) in [5.74, 6) is 0.349. The molecular weight excluding hydrogens is 296 g/mol. The van der Waals surface area contributed by atoms with Gasteiger partial charge in [-0.2, -0.15) is 0 Å². The Labute approximate surface area is 146 Å². The van der Waals surface area contributed by atoms with E-state index < -0.39 is 0 Å². The number of benzene rings is 1. The van der Waals surface area contributed by atoms with Crippen LogP contribution in [0.4, 0.5) is 0 Å². The summed E-state index contributed by atoms with van der Waals surface area (Å²) < 4.78 is 0. The average molecular weight is 326 g/mol. The smallest absolute Gasteiger partial charge is 0.222 e. The summed E-state index contributed by atoms with van der Waals surface area (Å²) in [6.45, 7) is 7.29. The Bertz CT molecular complexity index is 568. The van der Waals surface area contributed by atoms with Gasteiger partial charge in [0, 0.05) is 38.0 Å². The largest absolute Gasteiger partial charge is 0.342 e. The monoisotopic (exact) mass is 326 g/mol. The molecule has 3 heteroatoms. The third kappa shape index (κ3) is 4.27. The minimum atomic E-state index is 0.324. The van der Waals surface area contributed by atoms with Crippen molar-refractivity contribution in [2.45, 2.75) is 39.0 Å². The van der Waals surface area contributed by atoms with Crippen LogP contribution in [0.25, 0.3) is 0 Å². The summed E-state index contributed by atoms with van der Waals surface area (Å²) in [6, 6.07) is 10.5. The van der Waals surface area contributed by atoms with Crippen molar-refractivity contribution in [1.29, 1.82) is 0 Å². The van der Waals surface area contributed by atoms with Gasteiger partial charge in [-0.1, -0.05) is 42.5 Å². The van der Waals surface area contributed by atoms with E-state index in [2.05, 4.69) is 53.1 Å². The zero-order valence-corrected chi connectivity index (χ0v) is 14.9. The number of amides is 1. The molecule has 130 valence electrons. The highest BCUT2D eigenvalue weighted by atomic mass is 16.2. The third-order valence-corrected chi connectivity index (χ3v) is 5.60. The van der Waals surface area contributed by atoms with Gasteiger partial charge in [-0.25, -0.2) is 0 Å². The van der Waals surface area contributed by atoms with Gasteiger partial charge in [-0.3, -0.25) is 9.69 Å². The first-order valence-corrected chi connectivity index (χ1v) is 9.36. The molecule has 24 heavy (non-hydrogen) atoms. The Morgan fingerprint density at radius 3 is 2.79 bits per heavy atom. The van der Waals surface area contributed by atoms with Crippen molar-refractivity contribution in [2.24, 2.45) is 5.41 Å². The van der Waals surface area contributed by atoms with Crippen LogP contribution in [0.5, 0.6) is 0 Å². The number of likely N-dealkylation sites (tertiary alicyclic amines) is 2. The van der Waals surface area contributed by atoms with Crippen molar-refractivity contribution in [3.8, 4) is 0 Å². The Morgan fingerprint density at radius 1 is 1.17 bits per heavy atom. The minimum absolute atomic E-state index is 0.324. The maximum absolute atomic E-state index is 12.4. The number of hydrogen-bond acceptors (Lipinski definition) is 2. The van der Waals surface area contributed by atoms with Crippen molar-refractivity contribution in [1.82, 2.24) is 9.80 Å². The predicted octanol–water partition coefficient (Wildman–Crippen LogP) is 3.51. The van der Waals surface area contributed by atoms with Gasteiger partial charge < -0.3 is 4.90 Å². The van der Waals surface area contributed by atoms with E-state index in [9.17, 15) is 4.79 Å². The van der Waals surface area contributed by atoms with Gasteiger partial charge in [0.05, 0.1) is 0 Å². The van der Waals surface area contributed by atoms with Crippen LogP contribution in [-0.4, -0.2) is 48.4 Å². The van der Waals surface area contributed by atoms with Gasteiger partial charge in [0.2, 0.25) is 5.91 Å². The second-order valence-electron chi connectivity index (χ2n) is 7.46. The van der Waals surface area contributed by atoms with Crippen molar-refractivity contribution in [3.63, 3.8) is 0 Å². The van der Waals surface area contributed by atoms with Crippen molar-refractivity contribution in [3.05, 3.63) is 48.0 Å². The molecule has 1 spiro atoms. The Balaban J connectivity index is 1.60. The second kappa shape index (κ2) is 7.98. The number of carbonyl (C=O) groups is 1. The quantitative estimate of drug-likeness (QED) is 0.773. The zero-order chi connectivity index (χ0) is 16.8. The molecule has 0 radical (unpaired) electrons. The molecular formula is C21H30N2O. The summed E-state index contributed by atoms with van der Waals surface area (Å²) >= 11 is 0. The molecule has 2 heterocycles. The number of piperidine rings is 2. The molecule has 0 saturated carbocycles. The fraction of sp³-hybridized carbons (Fsp3) is 0.571. The van der Waals surface area contributed by atoms with Gasteiger partial charge in [0.1, 0.15) is 0 Å². The Hall–Kier alpha value is -1.61. The lowest BCUT2D eigenvalue weighted by Crippen LogP contribution is -2.54. The molecule has 0 aromatic heterocycles. The molecule has 3 rings (SSSR count). The molecule has 1 amide bonds. The predicted molar refractivity (Wildman–Crippen MR) is 98.9 cm³/mol. The van der Waals surface area contributed by atoms with Gasteiger partial charge in [-0.15, -0.1) is 0 Å². The third-order valence-electron chi connectivity index (χ3n) is 5.60. The lowest BCUT2D eigenvalue weighted by atomic mass is 9.73. The lowest BCUT2D eigenvalue weighted by molar-refractivity contribution is -0.139. The standard InChI is InChI=1S/C21H30N2O/c1-2-3-14-22-15-7-12-21(17-22)13-10-20(24)23(18-21)16-11-19-8-5-4-6-9-19/h2-6,8-9H,7,10-18H2,1H3. The van der Waals surface area contributed by atoms with Crippen LogP contribution in [0.1, 0.15) is 38.2 Å². The van der Waals surface area contributed by atoms with Crippen LogP contribution in [0.2, 0.25) is 0 Å². The number of rotatable bonds is 5. The Morgan fingerprint density at radius 2 is 2.00 bits per heavy atom. The van der Waals surface area contributed by atoms with E-state index >= 15 is 0 Å². The first-order chi connectivity index (χ1) is 11.7. The number of carbonyl (C=O) groups excluding carboxylic acids is 1. The molecule has 0 N–H and O–H groups in total. The maximum Gasteiger partial charge on any atom is 0.222 e. The van der Waals surface area contributed by atoms with Gasteiger partial charge in [0.15, 0.2) is 0 Å². The van der Waals surface area contributed by atoms with E-state index in [-0.39, 0.29) is 0 Å². The molecule has 1 unspecified atom stereocenters. The molecule has 0 bridgehead atoms. The molecule has 1 aromatic carbocycles. The second-order valence-corrected chi connectivity index (χ2v) is 7.46. The first-order valence-electron chi connectivity index (χ1n) is 9.36. The molecule has 2 fully saturated rings. The molecule has 2 aliphatic heterocycles. The average Bonchev–Trinajstić information content (AvgIpc) is 2.62. The van der Waals surface area contributed by atoms with E-state index in [1.54, 1.807) is 0 Å². The molecule has 0 aliphatic carbocycles. The van der Waals surface area contributed by atoms with Gasteiger partial charge in [0.25, 0.3) is 0 Å². The topological polar surface area (TPSA) is 23.6 Å². The fourth-order valence-electron chi connectivity index (χ4n) is 4.27. The van der Waals surface area contributed by atoms with Crippen LogP contribution in [0, 0.1) is 5.41 Å². The molecule has 1 aromatic rings. The summed E-state index contributed by atoms with van der Waals surface area (Å²) in [5, 5.41) is 0. The van der Waals surface area contributed by atoms with E-state index in [0.717, 1.165) is 45.4 Å². The zero-order valence-electron chi connectivity index (χ0n) is 14.9. The summed E-state index contributed by atoms with van der Waals surface area (Å²) in [5.41, 5.74) is 1.65. The van der Waals surface area contributed by atoms with Crippen LogP contribution in [0.3, 0.4) is 0 Å². The lowest BCUT2D eigenvalue weighted by Gasteiger charge is -2.48. The number of hydrogen-bond donors (Lipinski definition) is 0. The first kappa shape index (κ1) is 17.2. The van der Waals surface area contributed by atoms with E-state index in [1.165, 1.54) is 24.9 Å². The number of nitrogens with zero attached hydrogens (tertiary/aromatic N) is 2. The molecule has 1 atom stereocenters.